The molecule has 0 spiro atoms. The number of methoxy groups -OCH3 is 1. The van der Waals surface area contributed by atoms with Crippen LogP contribution in [-0.4, -0.2) is 34.5 Å². The highest BCUT2D eigenvalue weighted by Gasteiger charge is 2.16. The third-order valence-electron chi connectivity index (χ3n) is 4.74. The number of benzene rings is 3. The number of ether oxygens (including phenoxy) is 3. The first-order valence-corrected chi connectivity index (χ1v) is 9.80. The molecule has 31 heavy (non-hydrogen) atoms. The first kappa shape index (κ1) is 22.5. The Balaban J connectivity index is 0.00000272. The van der Waals surface area contributed by atoms with E-state index in [4.69, 9.17) is 19.2 Å². The first-order chi connectivity index (χ1) is 14.7. The van der Waals surface area contributed by atoms with Gasteiger partial charge >= 0.3 is 0 Å². The molecular formula is C24H25ClN2O4. The molecule has 0 saturated carbocycles. The average molecular weight is 441 g/mol. The second-order valence-electron chi connectivity index (χ2n) is 6.84. The highest BCUT2D eigenvalue weighted by Crippen LogP contribution is 2.26. The van der Waals surface area contributed by atoms with Gasteiger partial charge in [0.25, 0.3) is 0 Å². The monoisotopic (exact) mass is 440 g/mol. The minimum Gasteiger partial charge on any atom is -0.493 e. The van der Waals surface area contributed by atoms with E-state index < -0.39 is 6.10 Å². The van der Waals surface area contributed by atoms with E-state index in [1.807, 2.05) is 83.4 Å². The Morgan fingerprint density at radius 2 is 1.55 bits per heavy atom. The maximum absolute atomic E-state index is 10.7. The van der Waals surface area contributed by atoms with Crippen molar-refractivity contribution in [1.29, 1.82) is 0 Å². The van der Waals surface area contributed by atoms with E-state index >= 15 is 0 Å². The molecule has 6 nitrogen and oxygen atoms in total. The number of nitrogens with zero attached hydrogens (tertiary/aromatic N) is 2. The third-order valence-corrected chi connectivity index (χ3v) is 4.74. The SMILES string of the molecule is COc1ccccc1OCC(O)Cn1c(COc2ccccc2)nc2ccccc21.Cl. The molecule has 0 amide bonds. The van der Waals surface area contributed by atoms with Crippen LogP contribution in [0.2, 0.25) is 0 Å². The Hall–Kier alpha value is -3.22. The Labute approximate surface area is 187 Å². The van der Waals surface area contributed by atoms with Crippen LogP contribution in [0, 0.1) is 0 Å². The maximum atomic E-state index is 10.7. The van der Waals surface area contributed by atoms with Gasteiger partial charge in [-0.3, -0.25) is 0 Å². The van der Waals surface area contributed by atoms with E-state index in [1.54, 1.807) is 7.11 Å². The normalized spacial score (nSPS) is 11.5. The van der Waals surface area contributed by atoms with Crippen LogP contribution >= 0.6 is 12.4 Å². The molecule has 0 radical (unpaired) electrons. The van der Waals surface area contributed by atoms with E-state index in [-0.39, 0.29) is 19.0 Å². The molecular weight excluding hydrogens is 416 g/mol. The summed E-state index contributed by atoms with van der Waals surface area (Å²) in [4.78, 5) is 4.69. The van der Waals surface area contributed by atoms with Gasteiger partial charge in [-0.05, 0) is 36.4 Å². The molecule has 0 fully saturated rings. The Kier molecular flexibility index (Phi) is 7.76. The highest BCUT2D eigenvalue weighted by atomic mass is 35.5. The Morgan fingerprint density at radius 3 is 2.32 bits per heavy atom. The van der Waals surface area contributed by atoms with Crippen molar-refractivity contribution >= 4 is 23.4 Å². The number of fused-ring (bicyclic) bond motifs is 1. The van der Waals surface area contributed by atoms with Crippen molar-refractivity contribution in [2.75, 3.05) is 13.7 Å². The van der Waals surface area contributed by atoms with Crippen molar-refractivity contribution in [1.82, 2.24) is 9.55 Å². The van der Waals surface area contributed by atoms with Crippen molar-refractivity contribution in [2.24, 2.45) is 0 Å². The number of halogens is 1. The van der Waals surface area contributed by atoms with Gasteiger partial charge in [0.05, 0.1) is 24.7 Å². The predicted molar refractivity (Wildman–Crippen MR) is 122 cm³/mol. The zero-order valence-corrected chi connectivity index (χ0v) is 18.0. The summed E-state index contributed by atoms with van der Waals surface area (Å²) in [6.45, 7) is 0.772. The van der Waals surface area contributed by atoms with E-state index in [9.17, 15) is 5.11 Å². The lowest BCUT2D eigenvalue weighted by atomic mass is 10.3. The molecule has 0 aliphatic carbocycles. The summed E-state index contributed by atoms with van der Waals surface area (Å²) < 4.78 is 18.9. The van der Waals surface area contributed by atoms with E-state index in [1.165, 1.54) is 0 Å². The van der Waals surface area contributed by atoms with Crippen molar-refractivity contribution in [3.63, 3.8) is 0 Å². The minimum absolute atomic E-state index is 0. The third kappa shape index (κ3) is 5.48. The molecule has 0 aliphatic heterocycles. The lowest BCUT2D eigenvalue weighted by Crippen LogP contribution is -2.25. The van der Waals surface area contributed by atoms with Gasteiger partial charge in [0.1, 0.15) is 30.9 Å². The molecule has 1 atom stereocenters. The summed E-state index contributed by atoms with van der Waals surface area (Å²) in [5.41, 5.74) is 1.81. The summed E-state index contributed by atoms with van der Waals surface area (Å²) in [7, 11) is 1.59. The zero-order chi connectivity index (χ0) is 20.8. The molecule has 4 rings (SSSR count). The molecule has 0 bridgehead atoms. The first-order valence-electron chi connectivity index (χ1n) is 9.80. The van der Waals surface area contributed by atoms with Gasteiger partial charge in [0.2, 0.25) is 0 Å². The number of aromatic nitrogens is 2. The molecule has 1 heterocycles. The van der Waals surface area contributed by atoms with E-state index in [0.29, 0.717) is 24.7 Å². The quantitative estimate of drug-likeness (QED) is 0.415. The van der Waals surface area contributed by atoms with Crippen LogP contribution in [-0.2, 0) is 13.2 Å². The largest absolute Gasteiger partial charge is 0.493 e. The van der Waals surface area contributed by atoms with Crippen LogP contribution in [0.3, 0.4) is 0 Å². The van der Waals surface area contributed by atoms with Gasteiger partial charge in [-0.15, -0.1) is 12.4 Å². The molecule has 1 aromatic heterocycles. The Bertz CT molecular complexity index is 1100. The minimum atomic E-state index is -0.733. The van der Waals surface area contributed by atoms with Gasteiger partial charge in [-0.25, -0.2) is 4.98 Å². The molecule has 1 unspecified atom stereocenters. The lowest BCUT2D eigenvalue weighted by molar-refractivity contribution is 0.0903. The molecule has 7 heteroatoms. The Morgan fingerprint density at radius 1 is 0.871 bits per heavy atom. The smallest absolute Gasteiger partial charge is 0.161 e. The van der Waals surface area contributed by atoms with Crippen LogP contribution in [0.4, 0.5) is 0 Å². The molecule has 0 saturated heterocycles. The van der Waals surface area contributed by atoms with Crippen LogP contribution < -0.4 is 14.2 Å². The average Bonchev–Trinajstić information content (AvgIpc) is 3.14. The molecule has 162 valence electrons. The van der Waals surface area contributed by atoms with E-state index in [0.717, 1.165) is 22.6 Å². The number of hydrogen-bond donors (Lipinski definition) is 1. The van der Waals surface area contributed by atoms with Gasteiger partial charge in [-0.2, -0.15) is 0 Å². The van der Waals surface area contributed by atoms with Crippen LogP contribution in [0.15, 0.2) is 78.9 Å². The van der Waals surface area contributed by atoms with Crippen LogP contribution in [0.25, 0.3) is 11.0 Å². The van der Waals surface area contributed by atoms with E-state index in [2.05, 4.69) is 0 Å². The number of rotatable bonds is 9. The summed E-state index contributed by atoms with van der Waals surface area (Å²) in [6.07, 6.45) is -0.733. The predicted octanol–water partition coefficient (Wildman–Crippen LogP) is 4.49. The number of aliphatic hydroxyl groups excluding tert-OH is 1. The number of imidazole rings is 1. The zero-order valence-electron chi connectivity index (χ0n) is 17.2. The van der Waals surface area contributed by atoms with Gasteiger partial charge in [0.15, 0.2) is 11.5 Å². The van der Waals surface area contributed by atoms with Gasteiger partial charge in [0, 0.05) is 0 Å². The van der Waals surface area contributed by atoms with Gasteiger partial charge in [-0.1, -0.05) is 42.5 Å². The lowest BCUT2D eigenvalue weighted by Gasteiger charge is -2.17. The van der Waals surface area contributed by atoms with Gasteiger partial charge < -0.3 is 23.9 Å². The summed E-state index contributed by atoms with van der Waals surface area (Å²) in [5.74, 6) is 2.75. The van der Waals surface area contributed by atoms with Crippen LogP contribution in [0.5, 0.6) is 17.2 Å². The number of para-hydroxylation sites is 5. The fourth-order valence-electron chi connectivity index (χ4n) is 3.29. The second kappa shape index (κ2) is 10.7. The second-order valence-corrected chi connectivity index (χ2v) is 6.84. The standard InChI is InChI=1S/C24H24N2O4.ClH/c1-28-22-13-7-8-14-23(22)30-16-18(27)15-26-21-12-6-5-11-20(21)25-24(26)17-29-19-9-3-2-4-10-19;/h2-14,18,27H,15-17H2,1H3;1H. The van der Waals surface area contributed by atoms with Crippen molar-refractivity contribution in [3.8, 4) is 17.2 Å². The summed E-state index contributed by atoms with van der Waals surface area (Å²) in [5, 5.41) is 10.7. The molecule has 4 aromatic rings. The molecule has 3 aromatic carbocycles. The fourth-order valence-corrected chi connectivity index (χ4v) is 3.29. The summed E-state index contributed by atoms with van der Waals surface area (Å²) in [6, 6.07) is 24.8. The highest BCUT2D eigenvalue weighted by molar-refractivity contribution is 5.85. The topological polar surface area (TPSA) is 65.7 Å². The van der Waals surface area contributed by atoms with Crippen LogP contribution in [0.1, 0.15) is 5.82 Å². The number of aliphatic hydroxyl groups is 1. The summed E-state index contributed by atoms with van der Waals surface area (Å²) >= 11 is 0. The number of hydrogen-bond acceptors (Lipinski definition) is 5. The molecule has 1 N–H and O–H groups in total. The maximum Gasteiger partial charge on any atom is 0.161 e. The van der Waals surface area contributed by atoms with Crippen molar-refractivity contribution in [2.45, 2.75) is 19.3 Å². The van der Waals surface area contributed by atoms with Crippen molar-refractivity contribution in [3.05, 3.63) is 84.7 Å². The van der Waals surface area contributed by atoms with Crippen molar-refractivity contribution < 1.29 is 19.3 Å². The fraction of sp³-hybridized carbons (Fsp3) is 0.208. The molecule has 0 aliphatic rings.